The lowest BCUT2D eigenvalue weighted by molar-refractivity contribution is -0.294. The number of hydrogen-bond donors (Lipinski definition) is 0. The molecule has 1 fully saturated rings. The first-order valence-electron chi connectivity index (χ1n) is 15.6. The van der Waals surface area contributed by atoms with Gasteiger partial charge in [0, 0.05) is 7.11 Å². The molecule has 0 aliphatic carbocycles. The van der Waals surface area contributed by atoms with E-state index in [0.717, 1.165) is 17.4 Å². The normalized spacial score (nSPS) is 22.2. The molecule has 0 amide bonds. The Morgan fingerprint density at radius 3 is 1.56 bits per heavy atom. The van der Waals surface area contributed by atoms with Crippen LogP contribution in [0.2, 0.25) is 5.04 Å². The van der Waals surface area contributed by atoms with Gasteiger partial charge >= 0.3 is 0 Å². The van der Waals surface area contributed by atoms with Crippen molar-refractivity contribution in [3.05, 3.63) is 132 Å². The van der Waals surface area contributed by atoms with Crippen LogP contribution in [0.4, 0.5) is 0 Å². The average Bonchev–Trinajstić information content (AvgIpc) is 3.08. The molecule has 0 radical (unpaired) electrons. The average molecular weight is 625 g/mol. The monoisotopic (exact) mass is 624 g/mol. The highest BCUT2D eigenvalue weighted by molar-refractivity contribution is 6.99. The molecule has 1 saturated heterocycles. The predicted molar refractivity (Wildman–Crippen MR) is 179 cm³/mol. The van der Waals surface area contributed by atoms with E-state index in [0.29, 0.717) is 13.2 Å². The third-order valence-electron chi connectivity index (χ3n) is 8.54. The Labute approximate surface area is 268 Å². The summed E-state index contributed by atoms with van der Waals surface area (Å²) < 4.78 is 32.6. The quantitative estimate of drug-likeness (QED) is 0.136. The van der Waals surface area contributed by atoms with Gasteiger partial charge in [0.15, 0.2) is 6.29 Å². The summed E-state index contributed by atoms with van der Waals surface area (Å²) in [6.07, 6.45) is -1.75. The molecule has 45 heavy (non-hydrogen) atoms. The third kappa shape index (κ3) is 7.52. The van der Waals surface area contributed by atoms with E-state index in [2.05, 4.69) is 69.3 Å². The van der Waals surface area contributed by atoms with E-state index in [1.165, 1.54) is 10.4 Å². The predicted octanol–water partition coefficient (Wildman–Crippen LogP) is 5.92. The number of methoxy groups -OCH3 is 1. The second kappa shape index (κ2) is 15.2. The van der Waals surface area contributed by atoms with E-state index in [1.807, 2.05) is 72.8 Å². The topological polar surface area (TPSA) is 63.2 Å². The van der Waals surface area contributed by atoms with Crippen molar-refractivity contribution in [3.8, 4) is 0 Å². The molecule has 4 aromatic carbocycles. The Kier molecular flexibility index (Phi) is 11.2. The number of carbonyl (C=O) groups excluding carboxylic acids is 1. The fourth-order valence-corrected chi connectivity index (χ4v) is 10.9. The second-order valence-electron chi connectivity index (χ2n) is 12.5. The van der Waals surface area contributed by atoms with Crippen molar-refractivity contribution in [1.29, 1.82) is 0 Å². The molecule has 0 spiro atoms. The van der Waals surface area contributed by atoms with E-state index >= 15 is 0 Å². The number of carbonyl (C=O) groups is 1. The first-order chi connectivity index (χ1) is 21.9. The lowest BCUT2D eigenvalue weighted by Crippen LogP contribution is -2.68. The zero-order valence-electron chi connectivity index (χ0n) is 26.6. The van der Waals surface area contributed by atoms with Crippen LogP contribution in [-0.2, 0) is 41.4 Å². The lowest BCUT2D eigenvalue weighted by Gasteiger charge is -2.47. The number of rotatable bonds is 13. The summed E-state index contributed by atoms with van der Waals surface area (Å²) in [5.41, 5.74) is 2.00. The molecule has 0 aromatic heterocycles. The Morgan fingerprint density at radius 2 is 1.13 bits per heavy atom. The van der Waals surface area contributed by atoms with Crippen LogP contribution in [0.5, 0.6) is 0 Å². The maximum Gasteiger partial charge on any atom is 0.261 e. The molecular formula is C38H44O6Si. The van der Waals surface area contributed by atoms with Crippen LogP contribution in [-0.4, -0.2) is 52.9 Å². The highest BCUT2D eigenvalue weighted by atomic mass is 28.4. The lowest BCUT2D eigenvalue weighted by atomic mass is 9.89. The van der Waals surface area contributed by atoms with E-state index in [4.69, 9.17) is 23.4 Å². The summed E-state index contributed by atoms with van der Waals surface area (Å²) in [7, 11) is -1.31. The molecular weight excluding hydrogens is 580 g/mol. The van der Waals surface area contributed by atoms with Crippen molar-refractivity contribution >= 4 is 25.0 Å². The summed E-state index contributed by atoms with van der Waals surface area (Å²) in [5.74, 6) is -0.649. The molecule has 0 saturated carbocycles. The largest absolute Gasteiger partial charge is 0.405 e. The van der Waals surface area contributed by atoms with E-state index < -0.39 is 38.8 Å². The minimum atomic E-state index is -2.89. The van der Waals surface area contributed by atoms with Gasteiger partial charge < -0.3 is 28.2 Å². The van der Waals surface area contributed by atoms with Crippen LogP contribution < -0.4 is 10.4 Å². The van der Waals surface area contributed by atoms with E-state index in [-0.39, 0.29) is 11.6 Å². The zero-order valence-corrected chi connectivity index (χ0v) is 27.6. The Morgan fingerprint density at radius 1 is 0.689 bits per heavy atom. The van der Waals surface area contributed by atoms with Gasteiger partial charge in [0.2, 0.25) is 0 Å². The second-order valence-corrected chi connectivity index (χ2v) is 16.8. The fourth-order valence-electron chi connectivity index (χ4n) is 6.33. The molecule has 5 rings (SSSR count). The van der Waals surface area contributed by atoms with E-state index in [1.54, 1.807) is 7.11 Å². The van der Waals surface area contributed by atoms with Crippen molar-refractivity contribution in [2.24, 2.45) is 5.92 Å². The number of aldehydes is 1. The first-order valence-corrected chi connectivity index (χ1v) is 17.5. The maximum absolute atomic E-state index is 12.9. The maximum atomic E-state index is 12.9. The molecule has 236 valence electrons. The van der Waals surface area contributed by atoms with Gasteiger partial charge in [0.25, 0.3) is 8.32 Å². The summed E-state index contributed by atoms with van der Waals surface area (Å²) in [6.45, 7) is 7.56. The molecule has 1 aliphatic heterocycles. The molecule has 0 bridgehead atoms. The molecule has 1 heterocycles. The molecule has 1 aliphatic rings. The molecule has 7 heteroatoms. The van der Waals surface area contributed by atoms with Gasteiger partial charge in [0.05, 0.1) is 31.8 Å². The van der Waals surface area contributed by atoms with Gasteiger partial charge in [-0.25, -0.2) is 0 Å². The number of hydrogen-bond acceptors (Lipinski definition) is 6. The molecule has 0 unspecified atom stereocenters. The van der Waals surface area contributed by atoms with Crippen molar-refractivity contribution in [3.63, 3.8) is 0 Å². The zero-order chi connectivity index (χ0) is 31.7. The summed E-state index contributed by atoms with van der Waals surface area (Å²) in [6, 6.07) is 40.8. The van der Waals surface area contributed by atoms with Crippen LogP contribution in [0.1, 0.15) is 31.9 Å². The van der Waals surface area contributed by atoms with Gasteiger partial charge in [-0.2, -0.15) is 0 Å². The highest BCUT2D eigenvalue weighted by Gasteiger charge is 2.53. The van der Waals surface area contributed by atoms with Crippen LogP contribution in [0, 0.1) is 5.92 Å². The van der Waals surface area contributed by atoms with Crippen LogP contribution >= 0.6 is 0 Å². The summed E-state index contributed by atoms with van der Waals surface area (Å²) in [5, 5.41) is 2.11. The van der Waals surface area contributed by atoms with Gasteiger partial charge in [-0.05, 0) is 26.5 Å². The first kappa shape index (κ1) is 32.9. The van der Waals surface area contributed by atoms with E-state index in [9.17, 15) is 4.79 Å². The Hall–Kier alpha value is -3.43. The van der Waals surface area contributed by atoms with Crippen molar-refractivity contribution in [1.82, 2.24) is 0 Å². The minimum absolute atomic E-state index is 0.211. The smallest absolute Gasteiger partial charge is 0.261 e. The highest BCUT2D eigenvalue weighted by Crippen LogP contribution is 2.38. The summed E-state index contributed by atoms with van der Waals surface area (Å²) in [4.78, 5) is 12.9. The van der Waals surface area contributed by atoms with Crippen molar-refractivity contribution in [2.45, 2.75) is 63.6 Å². The van der Waals surface area contributed by atoms with Gasteiger partial charge in [-0.1, -0.05) is 142 Å². The van der Waals surface area contributed by atoms with Gasteiger partial charge in [0.1, 0.15) is 18.5 Å². The van der Waals surface area contributed by atoms with Gasteiger partial charge in [-0.15, -0.1) is 0 Å². The SMILES string of the molecule is CO[C@H]1O[C@H](CO[Si](c2ccccc2)(c2ccccc2)C(C)(C)C)[C@@H](OCc2ccccc2)[C@@H](C=O)[C@@H]1OCc1ccccc1. The minimum Gasteiger partial charge on any atom is -0.405 e. The van der Waals surface area contributed by atoms with Crippen LogP contribution in [0.15, 0.2) is 121 Å². The molecule has 4 aromatic rings. The Bertz CT molecular complexity index is 1410. The number of ether oxygens (including phenoxy) is 4. The molecule has 6 nitrogen and oxygen atoms in total. The van der Waals surface area contributed by atoms with Crippen molar-refractivity contribution < 1.29 is 28.2 Å². The fraction of sp³-hybridized carbons (Fsp3) is 0.342. The van der Waals surface area contributed by atoms with Crippen LogP contribution in [0.3, 0.4) is 0 Å². The van der Waals surface area contributed by atoms with Gasteiger partial charge in [-0.3, -0.25) is 0 Å². The summed E-state index contributed by atoms with van der Waals surface area (Å²) >= 11 is 0. The van der Waals surface area contributed by atoms with Crippen molar-refractivity contribution in [2.75, 3.05) is 13.7 Å². The third-order valence-corrected chi connectivity index (χ3v) is 13.5. The molecule has 0 N–H and O–H groups in total. The molecule has 5 atom stereocenters. The standard InChI is InChI=1S/C38H44O6Si/c1-38(2,3)45(31-21-13-7-14-22-31,32-23-15-8-16-24-32)43-28-34-35(41-26-29-17-9-5-10-18-29)33(25-39)36(37(40-4)44-34)42-27-30-19-11-6-12-20-30/h5-25,33-37H,26-28H2,1-4H3/t33-,34-,35+,36+,37+/m1/s1. The van der Waals surface area contributed by atoms with Crippen LogP contribution in [0.25, 0.3) is 0 Å². The Balaban J connectivity index is 1.49. The number of benzene rings is 4.